The standard InChI is InChI=1S/C11H18N2O3/c1-4-10(14)16-11(15)13-7-5-9(6-8-13)12(2)3/h4,9H,1,5-8H2,2-3H3. The minimum absolute atomic E-state index is 0.499. The molecule has 90 valence electrons. The largest absolute Gasteiger partial charge is 0.417 e. The number of rotatable bonds is 2. The Balaban J connectivity index is 2.38. The van der Waals surface area contributed by atoms with Crippen molar-refractivity contribution >= 4 is 12.1 Å². The van der Waals surface area contributed by atoms with Gasteiger partial charge in [-0.3, -0.25) is 0 Å². The number of piperidine rings is 1. The van der Waals surface area contributed by atoms with E-state index in [1.807, 2.05) is 14.1 Å². The van der Waals surface area contributed by atoms with E-state index in [1.54, 1.807) is 4.90 Å². The number of likely N-dealkylation sites (tertiary alicyclic amines) is 1. The zero-order chi connectivity index (χ0) is 12.1. The summed E-state index contributed by atoms with van der Waals surface area (Å²) in [5.74, 6) is -0.695. The lowest BCUT2D eigenvalue weighted by atomic mass is 10.0. The number of ether oxygens (including phenoxy) is 1. The van der Waals surface area contributed by atoms with Crippen molar-refractivity contribution in [1.29, 1.82) is 0 Å². The molecule has 1 heterocycles. The Hall–Kier alpha value is -1.36. The molecule has 5 nitrogen and oxygen atoms in total. The monoisotopic (exact) mass is 226 g/mol. The van der Waals surface area contributed by atoms with Gasteiger partial charge in [-0.2, -0.15) is 0 Å². The molecule has 0 aromatic rings. The van der Waals surface area contributed by atoms with Gasteiger partial charge in [0.15, 0.2) is 0 Å². The van der Waals surface area contributed by atoms with Gasteiger partial charge in [0.2, 0.25) is 0 Å². The summed E-state index contributed by atoms with van der Waals surface area (Å²) in [6.45, 7) is 4.50. The quantitative estimate of drug-likeness (QED) is 0.398. The highest BCUT2D eigenvalue weighted by atomic mass is 16.6. The smallest absolute Gasteiger partial charge is 0.373 e. The van der Waals surface area contributed by atoms with Crippen LogP contribution < -0.4 is 0 Å². The highest BCUT2D eigenvalue weighted by Crippen LogP contribution is 2.14. The van der Waals surface area contributed by atoms with Crippen LogP contribution in [0, 0.1) is 0 Å². The van der Waals surface area contributed by atoms with E-state index in [-0.39, 0.29) is 0 Å². The Morgan fingerprint density at radius 3 is 2.38 bits per heavy atom. The minimum Gasteiger partial charge on any atom is -0.373 e. The van der Waals surface area contributed by atoms with Gasteiger partial charge in [0.25, 0.3) is 0 Å². The van der Waals surface area contributed by atoms with Crippen LogP contribution in [0.3, 0.4) is 0 Å². The topological polar surface area (TPSA) is 49.9 Å². The van der Waals surface area contributed by atoms with Crippen LogP contribution in [0.4, 0.5) is 4.79 Å². The van der Waals surface area contributed by atoms with Gasteiger partial charge in [-0.05, 0) is 26.9 Å². The summed E-state index contributed by atoms with van der Waals surface area (Å²) in [7, 11) is 4.06. The van der Waals surface area contributed by atoms with E-state index in [2.05, 4.69) is 16.2 Å². The summed E-state index contributed by atoms with van der Waals surface area (Å²) >= 11 is 0. The van der Waals surface area contributed by atoms with Crippen molar-refractivity contribution in [2.24, 2.45) is 0 Å². The van der Waals surface area contributed by atoms with Crippen LogP contribution >= 0.6 is 0 Å². The first-order valence-corrected chi connectivity index (χ1v) is 5.34. The second-order valence-electron chi connectivity index (χ2n) is 4.07. The molecule has 16 heavy (non-hydrogen) atoms. The lowest BCUT2D eigenvalue weighted by Crippen LogP contribution is -2.45. The van der Waals surface area contributed by atoms with Gasteiger partial charge in [-0.25, -0.2) is 9.59 Å². The number of nitrogens with zero attached hydrogens (tertiary/aromatic N) is 2. The van der Waals surface area contributed by atoms with E-state index in [9.17, 15) is 9.59 Å². The third kappa shape index (κ3) is 3.34. The SMILES string of the molecule is C=CC(=O)OC(=O)N1CCC(N(C)C)CC1. The van der Waals surface area contributed by atoms with Gasteiger partial charge >= 0.3 is 12.1 Å². The predicted molar refractivity (Wildman–Crippen MR) is 60.0 cm³/mol. The molecule has 1 aliphatic rings. The number of hydrogen-bond donors (Lipinski definition) is 0. The molecule has 1 amide bonds. The van der Waals surface area contributed by atoms with E-state index in [0.29, 0.717) is 19.1 Å². The van der Waals surface area contributed by atoms with E-state index < -0.39 is 12.1 Å². The molecule has 0 unspecified atom stereocenters. The fourth-order valence-corrected chi connectivity index (χ4v) is 1.76. The number of amides is 1. The van der Waals surface area contributed by atoms with Gasteiger partial charge in [0.1, 0.15) is 0 Å². The molecular weight excluding hydrogens is 208 g/mol. The summed E-state index contributed by atoms with van der Waals surface area (Å²) in [4.78, 5) is 26.0. The maximum absolute atomic E-state index is 11.5. The van der Waals surface area contributed by atoms with Gasteiger partial charge in [0, 0.05) is 25.2 Å². The van der Waals surface area contributed by atoms with Crippen LogP contribution in [-0.4, -0.2) is 55.1 Å². The first kappa shape index (κ1) is 12.7. The van der Waals surface area contributed by atoms with E-state index >= 15 is 0 Å². The number of esters is 1. The molecule has 1 fully saturated rings. The minimum atomic E-state index is -0.695. The third-order valence-electron chi connectivity index (χ3n) is 2.81. The molecule has 0 atom stereocenters. The molecule has 0 bridgehead atoms. The van der Waals surface area contributed by atoms with Crippen molar-refractivity contribution in [1.82, 2.24) is 9.80 Å². The Morgan fingerprint density at radius 1 is 1.38 bits per heavy atom. The molecule has 0 saturated carbocycles. The first-order valence-electron chi connectivity index (χ1n) is 5.34. The molecule has 1 saturated heterocycles. The molecule has 0 aliphatic carbocycles. The average Bonchev–Trinajstić information content (AvgIpc) is 2.28. The second kappa shape index (κ2) is 5.65. The van der Waals surface area contributed by atoms with E-state index in [1.165, 1.54) is 0 Å². The maximum atomic E-state index is 11.5. The molecule has 1 aliphatic heterocycles. The number of carbonyl (C=O) groups excluding carboxylic acids is 2. The Bertz CT molecular complexity index is 281. The van der Waals surface area contributed by atoms with Crippen LogP contribution in [0.2, 0.25) is 0 Å². The van der Waals surface area contributed by atoms with Crippen molar-refractivity contribution < 1.29 is 14.3 Å². The van der Waals surface area contributed by atoms with E-state index in [0.717, 1.165) is 18.9 Å². The van der Waals surface area contributed by atoms with Crippen molar-refractivity contribution in [3.05, 3.63) is 12.7 Å². The summed E-state index contributed by atoms with van der Waals surface area (Å²) in [5.41, 5.74) is 0. The van der Waals surface area contributed by atoms with Gasteiger partial charge in [-0.1, -0.05) is 6.58 Å². The van der Waals surface area contributed by atoms with Crippen molar-refractivity contribution in [3.63, 3.8) is 0 Å². The Labute approximate surface area is 95.6 Å². The molecule has 0 radical (unpaired) electrons. The second-order valence-corrected chi connectivity index (χ2v) is 4.07. The van der Waals surface area contributed by atoms with Crippen LogP contribution in [0.15, 0.2) is 12.7 Å². The molecule has 0 aromatic heterocycles. The number of hydrogen-bond acceptors (Lipinski definition) is 4. The van der Waals surface area contributed by atoms with Crippen LogP contribution in [0.1, 0.15) is 12.8 Å². The Morgan fingerprint density at radius 2 is 1.94 bits per heavy atom. The zero-order valence-electron chi connectivity index (χ0n) is 9.81. The van der Waals surface area contributed by atoms with E-state index in [4.69, 9.17) is 0 Å². The average molecular weight is 226 g/mol. The van der Waals surface area contributed by atoms with Gasteiger partial charge < -0.3 is 14.5 Å². The Kier molecular flexibility index (Phi) is 4.49. The number of carbonyl (C=O) groups is 2. The lowest BCUT2D eigenvalue weighted by molar-refractivity contribution is -0.132. The summed E-state index contributed by atoms with van der Waals surface area (Å²) in [5, 5.41) is 0. The predicted octanol–water partition coefficient (Wildman–Crippen LogP) is 0.862. The van der Waals surface area contributed by atoms with Crippen LogP contribution in [-0.2, 0) is 9.53 Å². The first-order chi connectivity index (χ1) is 7.54. The van der Waals surface area contributed by atoms with Crippen molar-refractivity contribution in [2.45, 2.75) is 18.9 Å². The lowest BCUT2D eigenvalue weighted by Gasteiger charge is -2.34. The van der Waals surface area contributed by atoms with Crippen LogP contribution in [0.25, 0.3) is 0 Å². The third-order valence-corrected chi connectivity index (χ3v) is 2.81. The van der Waals surface area contributed by atoms with Gasteiger partial charge in [0.05, 0.1) is 0 Å². The van der Waals surface area contributed by atoms with Crippen LogP contribution in [0.5, 0.6) is 0 Å². The molecular formula is C11H18N2O3. The molecule has 5 heteroatoms. The van der Waals surface area contributed by atoms with Gasteiger partial charge in [-0.15, -0.1) is 0 Å². The normalized spacial score (nSPS) is 17.3. The fraction of sp³-hybridized carbons (Fsp3) is 0.636. The highest BCUT2D eigenvalue weighted by Gasteiger charge is 2.25. The zero-order valence-corrected chi connectivity index (χ0v) is 9.81. The summed E-state index contributed by atoms with van der Waals surface area (Å²) in [6, 6.07) is 0.499. The summed E-state index contributed by atoms with van der Waals surface area (Å²) in [6.07, 6.45) is 2.24. The molecule has 1 rings (SSSR count). The molecule has 0 N–H and O–H groups in total. The molecule has 0 aromatic carbocycles. The summed E-state index contributed by atoms with van der Waals surface area (Å²) < 4.78 is 4.55. The molecule has 0 spiro atoms. The van der Waals surface area contributed by atoms with Crippen molar-refractivity contribution in [3.8, 4) is 0 Å². The fourth-order valence-electron chi connectivity index (χ4n) is 1.76. The highest BCUT2D eigenvalue weighted by molar-refractivity contribution is 5.91. The maximum Gasteiger partial charge on any atom is 0.417 e. The van der Waals surface area contributed by atoms with Crippen molar-refractivity contribution in [2.75, 3.05) is 27.2 Å².